The number of aryl methyl sites for hydroxylation is 1. The van der Waals surface area contributed by atoms with E-state index in [0.717, 1.165) is 33.2 Å². The van der Waals surface area contributed by atoms with Gasteiger partial charge >= 0.3 is 0 Å². The van der Waals surface area contributed by atoms with Crippen LogP contribution in [0, 0.1) is 6.92 Å². The lowest BCUT2D eigenvalue weighted by molar-refractivity contribution is -0.111. The van der Waals surface area contributed by atoms with Gasteiger partial charge in [-0.3, -0.25) is 4.79 Å². The predicted octanol–water partition coefficient (Wildman–Crippen LogP) is 5.87. The molecular weight excluding hydrogens is 432 g/mol. The quantitative estimate of drug-likeness (QED) is 0.349. The summed E-state index contributed by atoms with van der Waals surface area (Å²) in [6, 6.07) is 12.9. The van der Waals surface area contributed by atoms with Crippen LogP contribution in [-0.2, 0) is 4.79 Å². The second-order valence-corrected chi connectivity index (χ2v) is 7.71. The molecule has 0 aliphatic rings. The number of nitrogens with zero attached hydrogens (tertiary/aromatic N) is 1. The molecule has 0 aliphatic heterocycles. The Labute approximate surface area is 198 Å². The molecule has 7 nitrogen and oxygen atoms in total. The molecule has 0 spiro atoms. The van der Waals surface area contributed by atoms with E-state index in [2.05, 4.69) is 10.3 Å². The smallest absolute Gasteiger partial charge is 0.249 e. The first-order valence-corrected chi connectivity index (χ1v) is 10.7. The number of fused-ring (bicyclic) bond motifs is 1. The highest BCUT2D eigenvalue weighted by molar-refractivity contribution is 6.05. The Balaban J connectivity index is 1.83. The minimum Gasteiger partial charge on any atom is -0.497 e. The van der Waals surface area contributed by atoms with Crippen LogP contribution in [0.25, 0.3) is 27.7 Å². The van der Waals surface area contributed by atoms with Gasteiger partial charge < -0.3 is 23.9 Å². The van der Waals surface area contributed by atoms with E-state index in [-0.39, 0.29) is 5.91 Å². The lowest BCUT2D eigenvalue weighted by Gasteiger charge is -2.14. The van der Waals surface area contributed by atoms with E-state index >= 15 is 0 Å². The predicted molar refractivity (Wildman–Crippen MR) is 133 cm³/mol. The van der Waals surface area contributed by atoms with E-state index in [9.17, 15) is 4.79 Å². The van der Waals surface area contributed by atoms with Gasteiger partial charge in [-0.25, -0.2) is 4.98 Å². The highest BCUT2D eigenvalue weighted by Crippen LogP contribution is 2.43. The molecule has 0 saturated carbocycles. The van der Waals surface area contributed by atoms with Crippen LogP contribution in [-0.4, -0.2) is 32.2 Å². The number of furan rings is 1. The largest absolute Gasteiger partial charge is 0.497 e. The van der Waals surface area contributed by atoms with Crippen molar-refractivity contribution in [2.75, 3.05) is 26.6 Å². The van der Waals surface area contributed by atoms with E-state index in [4.69, 9.17) is 18.6 Å². The van der Waals surface area contributed by atoms with Gasteiger partial charge in [0, 0.05) is 39.9 Å². The molecule has 0 aliphatic carbocycles. The van der Waals surface area contributed by atoms with E-state index < -0.39 is 0 Å². The number of methoxy groups -OCH3 is 3. The van der Waals surface area contributed by atoms with Crippen molar-refractivity contribution in [1.29, 1.82) is 0 Å². The number of ether oxygens (including phenoxy) is 3. The molecular formula is C27H26N2O5. The molecule has 1 amide bonds. The molecule has 2 aromatic heterocycles. The molecule has 0 radical (unpaired) electrons. The average molecular weight is 459 g/mol. The summed E-state index contributed by atoms with van der Waals surface area (Å²) in [7, 11) is 4.85. The van der Waals surface area contributed by atoms with Crippen LogP contribution in [0.15, 0.2) is 65.4 Å². The molecule has 2 heterocycles. The number of hydrogen-bond acceptors (Lipinski definition) is 6. The third-order valence-corrected chi connectivity index (χ3v) is 5.63. The van der Waals surface area contributed by atoms with Crippen LogP contribution >= 0.6 is 0 Å². The number of anilines is 1. The second kappa shape index (κ2) is 9.70. The normalized spacial score (nSPS) is 11.4. The summed E-state index contributed by atoms with van der Waals surface area (Å²) in [4.78, 5) is 16.8. The molecule has 34 heavy (non-hydrogen) atoms. The number of nitrogens with one attached hydrogen (secondary N) is 1. The highest BCUT2D eigenvalue weighted by atomic mass is 16.5. The Kier molecular flexibility index (Phi) is 6.54. The van der Waals surface area contributed by atoms with E-state index in [1.54, 1.807) is 45.9 Å². The van der Waals surface area contributed by atoms with Gasteiger partial charge in [0.25, 0.3) is 0 Å². The van der Waals surface area contributed by atoms with Crippen LogP contribution in [0.1, 0.15) is 18.1 Å². The summed E-state index contributed by atoms with van der Waals surface area (Å²) in [5.74, 6) is 2.25. The van der Waals surface area contributed by atoms with Gasteiger partial charge in [0.1, 0.15) is 28.6 Å². The van der Waals surface area contributed by atoms with Gasteiger partial charge in [0.05, 0.1) is 27.6 Å². The van der Waals surface area contributed by atoms with Crippen molar-refractivity contribution in [2.45, 2.75) is 13.8 Å². The number of hydrogen-bond donors (Lipinski definition) is 1. The number of benzene rings is 2. The lowest BCUT2D eigenvalue weighted by atomic mass is 9.96. The van der Waals surface area contributed by atoms with Gasteiger partial charge in [-0.15, -0.1) is 0 Å². The van der Waals surface area contributed by atoms with E-state index in [1.807, 2.05) is 44.2 Å². The first-order chi connectivity index (χ1) is 16.5. The van der Waals surface area contributed by atoms with Crippen LogP contribution in [0.3, 0.4) is 0 Å². The number of amides is 1. The van der Waals surface area contributed by atoms with Crippen LogP contribution < -0.4 is 19.5 Å². The maximum absolute atomic E-state index is 12.6. The van der Waals surface area contributed by atoms with Crippen molar-refractivity contribution in [2.24, 2.45) is 0 Å². The Bertz CT molecular complexity index is 1370. The Morgan fingerprint density at radius 1 is 1.03 bits per heavy atom. The first kappa shape index (κ1) is 22.9. The highest BCUT2D eigenvalue weighted by Gasteiger charge is 2.20. The van der Waals surface area contributed by atoms with Gasteiger partial charge in [0.15, 0.2) is 0 Å². The summed E-state index contributed by atoms with van der Waals surface area (Å²) in [5.41, 5.74) is 4.74. The van der Waals surface area contributed by atoms with Gasteiger partial charge in [-0.05, 0) is 55.8 Å². The Morgan fingerprint density at radius 3 is 2.53 bits per heavy atom. The maximum atomic E-state index is 12.6. The first-order valence-electron chi connectivity index (χ1n) is 10.7. The summed E-state index contributed by atoms with van der Waals surface area (Å²) < 4.78 is 22.7. The fraction of sp³-hybridized carbons (Fsp3) is 0.185. The summed E-state index contributed by atoms with van der Waals surface area (Å²) in [5, 5.41) is 3.65. The summed E-state index contributed by atoms with van der Waals surface area (Å²) in [6.07, 6.45) is 4.86. The molecule has 0 fully saturated rings. The van der Waals surface area contributed by atoms with Crippen molar-refractivity contribution < 1.29 is 23.4 Å². The second-order valence-electron chi connectivity index (χ2n) is 7.71. The Hall–Kier alpha value is -4.26. The minimum absolute atomic E-state index is 0.280. The number of carbonyl (C=O) groups excluding carboxylic acids is 1. The van der Waals surface area contributed by atoms with E-state index in [1.165, 1.54) is 6.08 Å². The maximum Gasteiger partial charge on any atom is 0.249 e. The average Bonchev–Trinajstić information content (AvgIpc) is 3.28. The Morgan fingerprint density at radius 2 is 1.85 bits per heavy atom. The van der Waals surface area contributed by atoms with Crippen molar-refractivity contribution in [1.82, 2.24) is 4.98 Å². The standard InChI is InChI=1S/C27H26N2O5/c1-16(12-25(30)29-24-8-6-7-11-28-24)19-14-21-22(15-34-27(21)17(2)26(19)33-5)20-13-18(31-3)9-10-23(20)32-4/h6-15H,1-5H3,(H,28,29,30)/b16-12+. The molecule has 1 N–H and O–H groups in total. The molecule has 0 bridgehead atoms. The monoisotopic (exact) mass is 458 g/mol. The van der Waals surface area contributed by atoms with Crippen LogP contribution in [0.4, 0.5) is 5.82 Å². The third-order valence-electron chi connectivity index (χ3n) is 5.63. The SMILES string of the molecule is COc1ccc(OC)c(-c2coc3c(C)c(OC)c(/C(C)=C/C(=O)Nc4ccccn4)cc23)c1. The number of allylic oxidation sites excluding steroid dienone is 1. The molecule has 4 aromatic rings. The molecule has 7 heteroatoms. The fourth-order valence-electron chi connectivity index (χ4n) is 3.98. The molecule has 0 saturated heterocycles. The molecule has 4 rings (SSSR count). The molecule has 174 valence electrons. The fourth-order valence-corrected chi connectivity index (χ4v) is 3.98. The topological polar surface area (TPSA) is 82.8 Å². The van der Waals surface area contributed by atoms with Crippen molar-refractivity contribution >= 4 is 28.3 Å². The summed E-state index contributed by atoms with van der Waals surface area (Å²) in [6.45, 7) is 3.80. The van der Waals surface area contributed by atoms with Crippen molar-refractivity contribution in [3.8, 4) is 28.4 Å². The van der Waals surface area contributed by atoms with Gasteiger partial charge in [-0.2, -0.15) is 0 Å². The zero-order valence-corrected chi connectivity index (χ0v) is 19.8. The van der Waals surface area contributed by atoms with Gasteiger partial charge in [-0.1, -0.05) is 6.07 Å². The zero-order valence-electron chi connectivity index (χ0n) is 19.8. The van der Waals surface area contributed by atoms with Crippen molar-refractivity contribution in [3.63, 3.8) is 0 Å². The molecule has 0 unspecified atom stereocenters. The number of carbonyl (C=O) groups is 1. The van der Waals surface area contributed by atoms with Crippen molar-refractivity contribution in [3.05, 3.63) is 72.1 Å². The third kappa shape index (κ3) is 4.32. The lowest BCUT2D eigenvalue weighted by Crippen LogP contribution is -2.09. The molecule has 2 aromatic carbocycles. The number of aromatic nitrogens is 1. The minimum atomic E-state index is -0.280. The van der Waals surface area contributed by atoms with Crippen LogP contribution in [0.5, 0.6) is 17.2 Å². The zero-order chi connectivity index (χ0) is 24.2. The van der Waals surface area contributed by atoms with E-state index in [0.29, 0.717) is 28.6 Å². The molecule has 0 atom stereocenters. The summed E-state index contributed by atoms with van der Waals surface area (Å²) >= 11 is 0. The van der Waals surface area contributed by atoms with Crippen LogP contribution in [0.2, 0.25) is 0 Å². The number of rotatable bonds is 7. The van der Waals surface area contributed by atoms with Gasteiger partial charge in [0.2, 0.25) is 5.91 Å². The number of pyridine rings is 1.